The van der Waals surface area contributed by atoms with Gasteiger partial charge in [-0.25, -0.2) is 4.79 Å². The molecule has 4 N–H and O–H groups in total. The lowest BCUT2D eigenvalue weighted by atomic mass is 10.1. The van der Waals surface area contributed by atoms with Crippen molar-refractivity contribution < 1.29 is 14.9 Å². The number of imide groups is 1. The van der Waals surface area contributed by atoms with Gasteiger partial charge in [-0.1, -0.05) is 36.4 Å². The van der Waals surface area contributed by atoms with Gasteiger partial charge in [-0.3, -0.25) is 10.1 Å². The van der Waals surface area contributed by atoms with Crippen molar-refractivity contribution >= 4 is 23.3 Å². The zero-order valence-electron chi connectivity index (χ0n) is 11.7. The molecule has 6 heteroatoms. The van der Waals surface area contributed by atoms with E-state index in [0.29, 0.717) is 6.54 Å². The molecule has 0 unspecified atom stereocenters. The summed E-state index contributed by atoms with van der Waals surface area (Å²) in [5, 5.41) is 8.67. The molecule has 1 atom stereocenters. The van der Waals surface area contributed by atoms with Crippen molar-refractivity contribution in [2.24, 2.45) is 0 Å². The predicted octanol–water partition coefficient (Wildman–Crippen LogP) is 1.01. The van der Waals surface area contributed by atoms with Crippen molar-refractivity contribution in [3.63, 3.8) is 0 Å². The third-order valence-corrected chi connectivity index (χ3v) is 3.94. The summed E-state index contributed by atoms with van der Waals surface area (Å²) in [5.41, 5.74) is 0.871. The van der Waals surface area contributed by atoms with Crippen molar-refractivity contribution in [1.82, 2.24) is 10.6 Å². The van der Waals surface area contributed by atoms with E-state index < -0.39 is 12.1 Å². The summed E-state index contributed by atoms with van der Waals surface area (Å²) in [6.07, 6.45) is 0. The largest absolute Gasteiger partial charge is 0.341 e. The van der Waals surface area contributed by atoms with Gasteiger partial charge >= 0.3 is 6.03 Å². The number of benzene rings is 1. The van der Waals surface area contributed by atoms with E-state index >= 15 is 0 Å². The van der Waals surface area contributed by atoms with E-state index in [1.807, 2.05) is 53.2 Å². The maximum Gasteiger partial charge on any atom is 0.321 e. The van der Waals surface area contributed by atoms with E-state index in [0.717, 1.165) is 5.56 Å². The van der Waals surface area contributed by atoms with Gasteiger partial charge in [-0.15, -0.1) is 11.3 Å². The fourth-order valence-electron chi connectivity index (χ4n) is 1.97. The lowest BCUT2D eigenvalue weighted by molar-refractivity contribution is -0.697. The van der Waals surface area contributed by atoms with E-state index in [1.165, 1.54) is 11.9 Å². The molecular weight excluding hydrogens is 286 g/mol. The highest BCUT2D eigenvalue weighted by Gasteiger charge is 2.25. The van der Waals surface area contributed by atoms with Gasteiger partial charge in [0.2, 0.25) is 0 Å². The molecule has 5 nitrogen and oxygen atoms in total. The van der Waals surface area contributed by atoms with E-state index in [-0.39, 0.29) is 5.91 Å². The van der Waals surface area contributed by atoms with Gasteiger partial charge in [0.15, 0.2) is 6.04 Å². The number of carbonyl (C=O) groups is 2. The molecule has 0 fully saturated rings. The summed E-state index contributed by atoms with van der Waals surface area (Å²) in [7, 11) is 1.48. The normalized spacial score (nSPS) is 11.7. The molecule has 0 radical (unpaired) electrons. The Morgan fingerprint density at radius 1 is 1.19 bits per heavy atom. The van der Waals surface area contributed by atoms with E-state index in [2.05, 4.69) is 10.6 Å². The standard InChI is InChI=1S/C15H17N3O2S/c1-16-15(20)18-14(19)13(11-6-3-2-4-7-11)17-10-12-8-5-9-21-12/h2-9,13,17H,10H2,1H3,(H2,16,18,19,20)/p+1/t13-/m0/s1. The van der Waals surface area contributed by atoms with Crippen molar-refractivity contribution in [1.29, 1.82) is 0 Å². The number of amides is 3. The van der Waals surface area contributed by atoms with Crippen LogP contribution in [0.1, 0.15) is 16.5 Å². The molecule has 0 saturated carbocycles. The van der Waals surface area contributed by atoms with Crippen LogP contribution in [-0.2, 0) is 11.3 Å². The molecule has 3 amide bonds. The summed E-state index contributed by atoms with van der Waals surface area (Å²) in [5.74, 6) is -0.322. The predicted molar refractivity (Wildman–Crippen MR) is 81.7 cm³/mol. The number of quaternary nitrogens is 1. The van der Waals surface area contributed by atoms with Gasteiger partial charge in [-0.05, 0) is 11.4 Å². The monoisotopic (exact) mass is 304 g/mol. The lowest BCUT2D eigenvalue weighted by Gasteiger charge is -2.14. The quantitative estimate of drug-likeness (QED) is 0.771. The SMILES string of the molecule is CNC(=O)NC(=O)[C@@H]([NH2+]Cc1cccs1)c1ccccc1. The molecule has 1 aromatic heterocycles. The highest BCUT2D eigenvalue weighted by Crippen LogP contribution is 2.10. The van der Waals surface area contributed by atoms with Gasteiger partial charge in [-0.2, -0.15) is 0 Å². The Bertz CT molecular complexity index is 584. The Kier molecular flexibility index (Phi) is 5.48. The number of rotatable bonds is 5. The van der Waals surface area contributed by atoms with Crippen LogP contribution in [0.2, 0.25) is 0 Å². The first-order chi connectivity index (χ1) is 10.2. The minimum Gasteiger partial charge on any atom is -0.341 e. The van der Waals surface area contributed by atoms with Gasteiger partial charge in [0.1, 0.15) is 6.54 Å². The topological polar surface area (TPSA) is 74.8 Å². The Morgan fingerprint density at radius 2 is 1.95 bits per heavy atom. The Balaban J connectivity index is 2.10. The van der Waals surface area contributed by atoms with Crippen LogP contribution in [-0.4, -0.2) is 19.0 Å². The fourth-order valence-corrected chi connectivity index (χ4v) is 2.65. The average molecular weight is 304 g/mol. The van der Waals surface area contributed by atoms with Gasteiger partial charge < -0.3 is 10.6 Å². The molecule has 0 spiro atoms. The molecule has 0 aliphatic carbocycles. The van der Waals surface area contributed by atoms with Crippen molar-refractivity contribution in [3.05, 3.63) is 58.3 Å². The molecule has 1 aromatic carbocycles. The van der Waals surface area contributed by atoms with Crippen LogP contribution in [0.5, 0.6) is 0 Å². The van der Waals surface area contributed by atoms with Crippen molar-refractivity contribution in [2.45, 2.75) is 12.6 Å². The van der Waals surface area contributed by atoms with Crippen molar-refractivity contribution in [2.75, 3.05) is 7.05 Å². The Labute approximate surface area is 127 Å². The second-order valence-electron chi connectivity index (χ2n) is 4.48. The van der Waals surface area contributed by atoms with Crippen molar-refractivity contribution in [3.8, 4) is 0 Å². The van der Waals surface area contributed by atoms with Crippen LogP contribution < -0.4 is 16.0 Å². The van der Waals surface area contributed by atoms with Gasteiger partial charge in [0.05, 0.1) is 4.88 Å². The molecule has 2 rings (SSSR count). The van der Waals surface area contributed by atoms with Gasteiger partial charge in [0, 0.05) is 12.6 Å². The number of hydrogen-bond acceptors (Lipinski definition) is 3. The number of carbonyl (C=O) groups excluding carboxylic acids is 2. The minimum absolute atomic E-state index is 0.322. The number of hydrogen-bond donors (Lipinski definition) is 3. The molecule has 2 aromatic rings. The van der Waals surface area contributed by atoms with E-state index in [4.69, 9.17) is 0 Å². The minimum atomic E-state index is -0.495. The summed E-state index contributed by atoms with van der Waals surface area (Å²) in [6.45, 7) is 0.693. The number of nitrogens with one attached hydrogen (secondary N) is 2. The van der Waals surface area contributed by atoms with E-state index in [9.17, 15) is 9.59 Å². The summed E-state index contributed by atoms with van der Waals surface area (Å²) < 4.78 is 0. The Morgan fingerprint density at radius 3 is 2.57 bits per heavy atom. The van der Waals surface area contributed by atoms with Crippen LogP contribution >= 0.6 is 11.3 Å². The first-order valence-electron chi connectivity index (χ1n) is 6.64. The van der Waals surface area contributed by atoms with Crippen LogP contribution in [0, 0.1) is 0 Å². The molecule has 0 aliphatic rings. The Hall–Kier alpha value is -2.18. The summed E-state index contributed by atoms with van der Waals surface area (Å²) >= 11 is 1.65. The zero-order chi connectivity index (χ0) is 15.1. The molecule has 110 valence electrons. The average Bonchev–Trinajstić information content (AvgIpc) is 3.01. The third kappa shape index (κ3) is 4.40. The number of urea groups is 1. The second kappa shape index (κ2) is 7.56. The maximum absolute atomic E-state index is 12.3. The molecule has 0 aliphatic heterocycles. The van der Waals surface area contributed by atoms with Crippen LogP contribution in [0.15, 0.2) is 47.8 Å². The van der Waals surface area contributed by atoms with Crippen LogP contribution in [0.3, 0.4) is 0 Å². The smallest absolute Gasteiger partial charge is 0.321 e. The first-order valence-corrected chi connectivity index (χ1v) is 7.52. The fraction of sp³-hybridized carbons (Fsp3) is 0.200. The van der Waals surface area contributed by atoms with Gasteiger partial charge in [0.25, 0.3) is 5.91 Å². The maximum atomic E-state index is 12.3. The summed E-state index contributed by atoms with van der Waals surface area (Å²) in [4.78, 5) is 24.8. The zero-order valence-corrected chi connectivity index (χ0v) is 12.5. The molecule has 1 heterocycles. The highest BCUT2D eigenvalue weighted by molar-refractivity contribution is 7.09. The molecule has 0 saturated heterocycles. The number of thiophene rings is 1. The molecule has 21 heavy (non-hydrogen) atoms. The first kappa shape index (κ1) is 15.2. The van der Waals surface area contributed by atoms with Crippen LogP contribution in [0.4, 0.5) is 4.79 Å². The second-order valence-corrected chi connectivity index (χ2v) is 5.51. The summed E-state index contributed by atoms with van der Waals surface area (Å²) in [6, 6.07) is 12.5. The molecular formula is C15H18N3O2S+. The third-order valence-electron chi connectivity index (χ3n) is 3.04. The highest BCUT2D eigenvalue weighted by atomic mass is 32.1. The molecule has 0 bridgehead atoms. The lowest BCUT2D eigenvalue weighted by Crippen LogP contribution is -2.86. The van der Waals surface area contributed by atoms with Crippen LogP contribution in [0.25, 0.3) is 0 Å². The van der Waals surface area contributed by atoms with E-state index in [1.54, 1.807) is 11.3 Å². The number of nitrogens with two attached hydrogens (primary N) is 1.